The Morgan fingerprint density at radius 1 is 1.06 bits per heavy atom. The van der Waals surface area contributed by atoms with E-state index in [-0.39, 0.29) is 5.38 Å². The Bertz CT molecular complexity index is 622. The van der Waals surface area contributed by atoms with Crippen LogP contribution in [-0.4, -0.2) is 10.2 Å². The highest BCUT2D eigenvalue weighted by Gasteiger charge is 2.17. The molecule has 0 radical (unpaired) electrons. The van der Waals surface area contributed by atoms with Crippen molar-refractivity contribution in [1.82, 2.24) is 10.2 Å². The monoisotopic (exact) mass is 276 g/mol. The summed E-state index contributed by atoms with van der Waals surface area (Å²) in [5.41, 5.74) is 1.02. The van der Waals surface area contributed by atoms with Gasteiger partial charge < -0.3 is 4.42 Å². The van der Waals surface area contributed by atoms with Gasteiger partial charge in [0.25, 0.3) is 0 Å². The van der Waals surface area contributed by atoms with Crippen molar-refractivity contribution in [2.75, 3.05) is 0 Å². The number of aromatic nitrogens is 2. The quantitative estimate of drug-likeness (QED) is 0.675. The Morgan fingerprint density at radius 2 is 1.89 bits per heavy atom. The number of halogens is 1. The number of hydrogen-bond donors (Lipinski definition) is 0. The number of alkyl halides is 1. The highest BCUT2D eigenvalue weighted by Crippen LogP contribution is 2.33. The van der Waals surface area contributed by atoms with Gasteiger partial charge in [-0.3, -0.25) is 0 Å². The van der Waals surface area contributed by atoms with Crippen LogP contribution in [0.3, 0.4) is 0 Å². The highest BCUT2D eigenvalue weighted by molar-refractivity contribution is 7.14. The minimum Gasteiger partial charge on any atom is -0.462 e. The van der Waals surface area contributed by atoms with Crippen LogP contribution >= 0.6 is 22.9 Å². The number of rotatable bonds is 3. The zero-order valence-electron chi connectivity index (χ0n) is 9.29. The van der Waals surface area contributed by atoms with Gasteiger partial charge in [-0.15, -0.1) is 21.8 Å². The fourth-order valence-electron chi connectivity index (χ4n) is 1.60. The lowest BCUT2D eigenvalue weighted by Gasteiger charge is -2.04. The van der Waals surface area contributed by atoms with Crippen molar-refractivity contribution in [2.24, 2.45) is 0 Å². The Labute approximate surface area is 113 Å². The van der Waals surface area contributed by atoms with E-state index in [1.165, 1.54) is 11.3 Å². The Balaban J connectivity index is 1.90. The molecule has 1 unspecified atom stereocenters. The van der Waals surface area contributed by atoms with Gasteiger partial charge in [-0.2, -0.15) is 0 Å². The first-order valence-electron chi connectivity index (χ1n) is 5.41. The van der Waals surface area contributed by atoms with E-state index >= 15 is 0 Å². The maximum absolute atomic E-state index is 6.38. The van der Waals surface area contributed by atoms with E-state index in [4.69, 9.17) is 16.0 Å². The maximum Gasteiger partial charge on any atom is 0.183 e. The molecule has 1 atom stereocenters. The Hall–Kier alpha value is -1.65. The normalized spacial score (nSPS) is 12.5. The van der Waals surface area contributed by atoms with E-state index in [2.05, 4.69) is 10.2 Å². The van der Waals surface area contributed by atoms with Gasteiger partial charge in [-0.1, -0.05) is 41.7 Å². The molecule has 18 heavy (non-hydrogen) atoms. The van der Waals surface area contributed by atoms with Gasteiger partial charge in [0.1, 0.15) is 10.4 Å². The third-order valence-corrected chi connectivity index (χ3v) is 4.07. The summed E-state index contributed by atoms with van der Waals surface area (Å²) in [6.07, 6.45) is 1.62. The number of furan rings is 1. The average molecular weight is 277 g/mol. The molecule has 0 N–H and O–H groups in total. The Kier molecular flexibility index (Phi) is 3.13. The Morgan fingerprint density at radius 3 is 2.61 bits per heavy atom. The molecule has 5 heteroatoms. The van der Waals surface area contributed by atoms with Gasteiger partial charge in [0, 0.05) is 0 Å². The van der Waals surface area contributed by atoms with E-state index in [1.54, 1.807) is 6.26 Å². The largest absolute Gasteiger partial charge is 0.462 e. The van der Waals surface area contributed by atoms with Crippen LogP contribution in [0.25, 0.3) is 10.8 Å². The predicted molar refractivity (Wildman–Crippen MR) is 71.7 cm³/mol. The van der Waals surface area contributed by atoms with Crippen LogP contribution in [0.4, 0.5) is 0 Å². The SMILES string of the molecule is ClC(c1ccccc1)c1nnc(-c2ccco2)s1. The molecule has 0 spiro atoms. The summed E-state index contributed by atoms with van der Waals surface area (Å²) < 4.78 is 5.28. The van der Waals surface area contributed by atoms with Crippen molar-refractivity contribution in [2.45, 2.75) is 5.38 Å². The minimum absolute atomic E-state index is 0.271. The first kappa shape index (κ1) is 11.4. The van der Waals surface area contributed by atoms with Gasteiger partial charge in [0.05, 0.1) is 6.26 Å². The van der Waals surface area contributed by atoms with Crippen LogP contribution in [0.1, 0.15) is 15.9 Å². The predicted octanol–water partition coefficient (Wildman–Crippen LogP) is 4.13. The second kappa shape index (κ2) is 4.92. The number of nitrogens with zero attached hydrogens (tertiary/aromatic N) is 2. The molecule has 0 saturated heterocycles. The molecule has 3 aromatic rings. The summed E-state index contributed by atoms with van der Waals surface area (Å²) in [5.74, 6) is 0.718. The molecule has 3 nitrogen and oxygen atoms in total. The van der Waals surface area contributed by atoms with Crippen molar-refractivity contribution in [3.05, 3.63) is 59.3 Å². The second-order valence-electron chi connectivity index (χ2n) is 3.70. The minimum atomic E-state index is -0.271. The summed E-state index contributed by atoms with van der Waals surface area (Å²) in [6, 6.07) is 13.5. The fraction of sp³-hybridized carbons (Fsp3) is 0.0769. The molecule has 0 amide bonds. The number of benzene rings is 1. The first-order valence-corrected chi connectivity index (χ1v) is 6.66. The van der Waals surface area contributed by atoms with Gasteiger partial charge in [0.2, 0.25) is 0 Å². The molecular formula is C13H9ClN2OS. The molecule has 0 fully saturated rings. The standard InChI is InChI=1S/C13H9ClN2OS/c14-11(9-5-2-1-3-6-9)13-16-15-12(18-13)10-7-4-8-17-10/h1-8,11H. The summed E-state index contributed by atoms with van der Waals surface area (Å²) >= 11 is 7.83. The van der Waals surface area contributed by atoms with E-state index in [9.17, 15) is 0 Å². The topological polar surface area (TPSA) is 38.9 Å². The van der Waals surface area contributed by atoms with Crippen molar-refractivity contribution in [3.63, 3.8) is 0 Å². The molecule has 1 aromatic carbocycles. The number of hydrogen-bond acceptors (Lipinski definition) is 4. The van der Waals surface area contributed by atoms with E-state index in [0.717, 1.165) is 21.3 Å². The molecule has 2 aromatic heterocycles. The van der Waals surface area contributed by atoms with Gasteiger partial charge in [0.15, 0.2) is 10.8 Å². The average Bonchev–Trinajstić information content (AvgIpc) is 3.09. The van der Waals surface area contributed by atoms with Crippen molar-refractivity contribution in [3.8, 4) is 10.8 Å². The lowest BCUT2D eigenvalue weighted by molar-refractivity contribution is 0.581. The molecule has 90 valence electrons. The van der Waals surface area contributed by atoms with Crippen LogP contribution in [0.5, 0.6) is 0 Å². The zero-order valence-corrected chi connectivity index (χ0v) is 10.9. The second-order valence-corrected chi connectivity index (χ2v) is 5.14. The molecule has 0 aliphatic carbocycles. The van der Waals surface area contributed by atoms with E-state index in [0.29, 0.717) is 0 Å². The lowest BCUT2D eigenvalue weighted by atomic mass is 10.1. The van der Waals surface area contributed by atoms with Crippen molar-refractivity contribution in [1.29, 1.82) is 0 Å². The van der Waals surface area contributed by atoms with Crippen LogP contribution in [-0.2, 0) is 0 Å². The zero-order chi connectivity index (χ0) is 12.4. The fourth-order valence-corrected chi connectivity index (χ4v) is 2.74. The van der Waals surface area contributed by atoms with Crippen molar-refractivity contribution >= 4 is 22.9 Å². The van der Waals surface area contributed by atoms with Crippen LogP contribution in [0.15, 0.2) is 53.1 Å². The van der Waals surface area contributed by atoms with E-state index < -0.39 is 0 Å². The smallest absolute Gasteiger partial charge is 0.183 e. The van der Waals surface area contributed by atoms with Gasteiger partial charge in [-0.25, -0.2) is 0 Å². The molecule has 2 heterocycles. The van der Waals surface area contributed by atoms with Crippen molar-refractivity contribution < 1.29 is 4.42 Å². The molecule has 3 rings (SSSR count). The van der Waals surface area contributed by atoms with E-state index in [1.807, 2.05) is 42.5 Å². The van der Waals surface area contributed by atoms with Crippen LogP contribution in [0, 0.1) is 0 Å². The maximum atomic E-state index is 6.38. The third kappa shape index (κ3) is 2.17. The molecule has 0 aliphatic heterocycles. The molecule has 0 aliphatic rings. The molecule has 0 bridgehead atoms. The summed E-state index contributed by atoms with van der Waals surface area (Å²) in [6.45, 7) is 0. The molecule has 0 saturated carbocycles. The van der Waals surface area contributed by atoms with Crippen LogP contribution < -0.4 is 0 Å². The third-order valence-electron chi connectivity index (χ3n) is 2.48. The summed E-state index contributed by atoms with van der Waals surface area (Å²) in [7, 11) is 0. The lowest BCUT2D eigenvalue weighted by Crippen LogP contribution is -1.91. The highest BCUT2D eigenvalue weighted by atomic mass is 35.5. The summed E-state index contributed by atoms with van der Waals surface area (Å²) in [4.78, 5) is 0. The molecular weight excluding hydrogens is 268 g/mol. The van der Waals surface area contributed by atoms with Gasteiger partial charge >= 0.3 is 0 Å². The van der Waals surface area contributed by atoms with Crippen LogP contribution in [0.2, 0.25) is 0 Å². The summed E-state index contributed by atoms with van der Waals surface area (Å²) in [5, 5.41) is 9.47. The van der Waals surface area contributed by atoms with Gasteiger partial charge in [-0.05, 0) is 17.7 Å². The first-order chi connectivity index (χ1) is 8.84.